The first-order valence-corrected chi connectivity index (χ1v) is 23.9. The van der Waals surface area contributed by atoms with Crippen LogP contribution in [0, 0.1) is 5.41 Å². The molecule has 4 heteroatoms. The van der Waals surface area contributed by atoms with Crippen LogP contribution in [0.1, 0.15) is 146 Å². The SMILES string of the molecule is [2H]C(C)(C)c1cc(-c2nc3c(-c4cc(-c5cc(-c6ccc(C(C)(C)C)cc6)ccn5)cc(C(C)(C)C)c4)cccc3n2-c2ccc(C(C)(C)C(C)(C)C)cc2-c2ccccc2)c(O)c(C([2H])(C)C)c1. The van der Waals surface area contributed by atoms with E-state index in [1.165, 1.54) is 16.7 Å². The number of aromatic hydroxyl groups is 1. The molecule has 0 aliphatic heterocycles. The first-order chi connectivity index (χ1) is 32.0. The predicted molar refractivity (Wildman–Crippen MR) is 286 cm³/mol. The van der Waals surface area contributed by atoms with Crippen molar-refractivity contribution in [2.75, 3.05) is 0 Å². The summed E-state index contributed by atoms with van der Waals surface area (Å²) in [6, 6.07) is 47.3. The second kappa shape index (κ2) is 17.4. The molecular weight excluding hydrogens is 815 g/mol. The average molecular weight is 888 g/mol. The number of pyridine rings is 1. The van der Waals surface area contributed by atoms with Gasteiger partial charge in [-0.25, -0.2) is 4.98 Å². The van der Waals surface area contributed by atoms with Gasteiger partial charge in [0.2, 0.25) is 0 Å². The van der Waals surface area contributed by atoms with Crippen molar-refractivity contribution in [3.8, 4) is 67.5 Å². The third-order valence-electron chi connectivity index (χ3n) is 14.3. The first kappa shape index (κ1) is 44.6. The van der Waals surface area contributed by atoms with Gasteiger partial charge in [-0.05, 0) is 132 Å². The number of hydrogen-bond donors (Lipinski definition) is 1. The lowest BCUT2D eigenvalue weighted by Gasteiger charge is -2.40. The second-order valence-corrected chi connectivity index (χ2v) is 22.6. The van der Waals surface area contributed by atoms with Crippen LogP contribution in [0.15, 0.2) is 140 Å². The van der Waals surface area contributed by atoms with Gasteiger partial charge in [-0.1, -0.05) is 189 Å². The number of para-hydroxylation sites is 1. The maximum Gasteiger partial charge on any atom is 0.149 e. The van der Waals surface area contributed by atoms with Crippen LogP contribution in [0.3, 0.4) is 0 Å². The zero-order valence-electron chi connectivity index (χ0n) is 44.6. The molecule has 0 spiro atoms. The smallest absolute Gasteiger partial charge is 0.149 e. The number of hydrogen-bond acceptors (Lipinski definition) is 3. The van der Waals surface area contributed by atoms with E-state index < -0.39 is 11.8 Å². The van der Waals surface area contributed by atoms with Gasteiger partial charge < -0.3 is 5.11 Å². The minimum atomic E-state index is -1.16. The van der Waals surface area contributed by atoms with Crippen molar-refractivity contribution in [2.45, 2.75) is 132 Å². The zero-order chi connectivity index (χ0) is 50.2. The number of benzene rings is 6. The monoisotopic (exact) mass is 888 g/mol. The molecule has 6 aromatic carbocycles. The highest BCUT2D eigenvalue weighted by Crippen LogP contribution is 2.47. The predicted octanol–water partition coefficient (Wildman–Crippen LogP) is 17.6. The van der Waals surface area contributed by atoms with E-state index in [0.717, 1.165) is 61.4 Å². The van der Waals surface area contributed by atoms with Gasteiger partial charge in [-0.2, -0.15) is 0 Å². The van der Waals surface area contributed by atoms with E-state index in [4.69, 9.17) is 9.97 Å². The lowest BCUT2D eigenvalue weighted by Crippen LogP contribution is -2.34. The molecule has 0 unspecified atom stereocenters. The standard InChI is InChI=1S/C63H71N3O/c1-39(2)44-35-51(40(3)4)58(67)53(36-44)59-65-57-50(22-19-23-56(57)66(59)55-29-28-48(63(14,15)62(11,12)13)38-52(55)42-20-17-16-18-21-42)45-32-46(34-49(33-45)61(8,9)10)54-37-43(30-31-64-54)41-24-26-47(27-25-41)60(5,6)7/h16-40,67H,1-15H3/i39D,40D. The molecule has 0 atom stereocenters. The molecule has 2 aromatic heterocycles. The van der Waals surface area contributed by atoms with Crippen LogP contribution in [-0.4, -0.2) is 19.6 Å². The van der Waals surface area contributed by atoms with Crippen molar-refractivity contribution in [1.29, 1.82) is 0 Å². The zero-order valence-corrected chi connectivity index (χ0v) is 42.6. The van der Waals surface area contributed by atoms with Crippen molar-refractivity contribution in [3.63, 3.8) is 0 Å². The Morgan fingerprint density at radius 2 is 1.18 bits per heavy atom. The van der Waals surface area contributed by atoms with Crippen molar-refractivity contribution in [3.05, 3.63) is 167 Å². The van der Waals surface area contributed by atoms with Gasteiger partial charge in [0.1, 0.15) is 11.6 Å². The summed E-state index contributed by atoms with van der Waals surface area (Å²) >= 11 is 0. The normalized spacial score (nSPS) is 13.5. The Morgan fingerprint density at radius 1 is 0.522 bits per heavy atom. The molecule has 1 N–H and O–H groups in total. The van der Waals surface area contributed by atoms with Gasteiger partial charge in [0, 0.05) is 25.6 Å². The highest BCUT2D eigenvalue weighted by Gasteiger charge is 2.35. The maximum absolute atomic E-state index is 12.5. The average Bonchev–Trinajstić information content (AvgIpc) is 3.67. The van der Waals surface area contributed by atoms with Gasteiger partial charge in [-0.15, -0.1) is 0 Å². The van der Waals surface area contributed by atoms with E-state index in [2.05, 4.69) is 196 Å². The third kappa shape index (κ3) is 9.12. The fourth-order valence-corrected chi connectivity index (χ4v) is 8.93. The molecule has 0 amide bonds. The van der Waals surface area contributed by atoms with E-state index >= 15 is 0 Å². The van der Waals surface area contributed by atoms with Crippen molar-refractivity contribution >= 4 is 11.0 Å². The Kier molecular flexibility index (Phi) is 11.6. The minimum absolute atomic E-state index is 0.0103. The van der Waals surface area contributed by atoms with Crippen LogP contribution in [0.25, 0.3) is 72.7 Å². The Bertz CT molecular complexity index is 3200. The molecule has 8 aromatic rings. The van der Waals surface area contributed by atoms with Crippen LogP contribution in [0.4, 0.5) is 0 Å². The van der Waals surface area contributed by atoms with Crippen LogP contribution in [0.2, 0.25) is 0 Å². The van der Waals surface area contributed by atoms with Gasteiger partial charge in [0.25, 0.3) is 0 Å². The summed E-state index contributed by atoms with van der Waals surface area (Å²) in [7, 11) is 0. The van der Waals surface area contributed by atoms with Gasteiger partial charge in [-0.3, -0.25) is 9.55 Å². The molecule has 0 fully saturated rings. The highest BCUT2D eigenvalue weighted by atomic mass is 16.3. The summed E-state index contributed by atoms with van der Waals surface area (Å²) < 4.78 is 20.6. The Morgan fingerprint density at radius 3 is 1.81 bits per heavy atom. The van der Waals surface area contributed by atoms with E-state index in [9.17, 15) is 7.85 Å². The largest absolute Gasteiger partial charge is 0.507 e. The number of rotatable bonds is 9. The fraction of sp³-hybridized carbons (Fsp3) is 0.333. The molecule has 4 nitrogen and oxygen atoms in total. The Balaban J connectivity index is 1.44. The molecule has 0 aliphatic rings. The van der Waals surface area contributed by atoms with Crippen molar-refractivity contribution < 1.29 is 7.85 Å². The minimum Gasteiger partial charge on any atom is -0.507 e. The molecule has 8 rings (SSSR count). The molecule has 0 aliphatic carbocycles. The maximum atomic E-state index is 12.5. The van der Waals surface area contributed by atoms with Gasteiger partial charge >= 0.3 is 0 Å². The summed E-state index contributed by atoms with van der Waals surface area (Å²) in [5.41, 5.74) is 15.7. The molecule has 67 heavy (non-hydrogen) atoms. The van der Waals surface area contributed by atoms with E-state index in [1.807, 2.05) is 38.2 Å². The first-order valence-electron chi connectivity index (χ1n) is 24.9. The number of nitrogens with zero attached hydrogens (tertiary/aromatic N) is 3. The topological polar surface area (TPSA) is 50.9 Å². The van der Waals surface area contributed by atoms with E-state index in [-0.39, 0.29) is 27.4 Å². The molecular formula is C63H71N3O. The van der Waals surface area contributed by atoms with Gasteiger partial charge in [0.05, 0.1) is 28.0 Å². The summed E-state index contributed by atoms with van der Waals surface area (Å²) in [5.74, 6) is -1.66. The summed E-state index contributed by atoms with van der Waals surface area (Å²) in [4.78, 5) is 10.6. The summed E-state index contributed by atoms with van der Waals surface area (Å²) in [6.07, 6.45) is 1.91. The second-order valence-electron chi connectivity index (χ2n) is 22.6. The molecule has 0 bridgehead atoms. The lowest BCUT2D eigenvalue weighted by atomic mass is 9.65. The van der Waals surface area contributed by atoms with E-state index in [0.29, 0.717) is 22.5 Å². The summed E-state index contributed by atoms with van der Waals surface area (Å²) in [6.45, 7) is 32.2. The quantitative estimate of drug-likeness (QED) is 0.157. The van der Waals surface area contributed by atoms with Crippen LogP contribution >= 0.6 is 0 Å². The van der Waals surface area contributed by atoms with Gasteiger partial charge in [0.15, 0.2) is 0 Å². The number of imidazole rings is 1. The number of fused-ring (bicyclic) bond motifs is 1. The molecule has 2 heterocycles. The van der Waals surface area contributed by atoms with Crippen molar-refractivity contribution in [1.82, 2.24) is 14.5 Å². The molecule has 344 valence electrons. The highest BCUT2D eigenvalue weighted by molar-refractivity contribution is 5.98. The van der Waals surface area contributed by atoms with Crippen LogP contribution < -0.4 is 0 Å². The fourth-order valence-electron chi connectivity index (χ4n) is 8.93. The number of phenolic OH excluding ortho intramolecular Hbond substituents is 1. The van der Waals surface area contributed by atoms with Crippen LogP contribution in [-0.2, 0) is 16.2 Å². The Labute approximate surface area is 404 Å². The van der Waals surface area contributed by atoms with Crippen molar-refractivity contribution in [2.24, 2.45) is 5.41 Å². The number of phenols is 1. The third-order valence-corrected chi connectivity index (χ3v) is 14.3. The Hall–Kier alpha value is -6.26. The summed E-state index contributed by atoms with van der Waals surface area (Å²) in [5, 5.41) is 12.5. The lowest BCUT2D eigenvalue weighted by molar-refractivity contribution is 0.225. The van der Waals surface area contributed by atoms with E-state index in [1.54, 1.807) is 13.8 Å². The van der Waals surface area contributed by atoms with Crippen LogP contribution in [0.5, 0.6) is 5.75 Å². The number of aromatic nitrogens is 3. The molecule has 0 radical (unpaired) electrons. The molecule has 0 saturated heterocycles. The molecule has 0 saturated carbocycles.